The molecule has 2 atom stereocenters. The van der Waals surface area contributed by atoms with Crippen molar-refractivity contribution in [2.24, 2.45) is 5.92 Å². The number of aldehydes is 1. The first-order valence-corrected chi connectivity index (χ1v) is 8.44. The maximum Gasteiger partial charge on any atom is 0.249 e. The Kier molecular flexibility index (Phi) is 9.56. The summed E-state index contributed by atoms with van der Waals surface area (Å²) < 4.78 is 10.3. The number of carbonyl (C=O) groups is 2. The number of hydrogen-bond donors (Lipinski definition) is 4. The molecule has 0 fully saturated rings. The van der Waals surface area contributed by atoms with Crippen LogP contribution in [0.15, 0.2) is 22.8 Å². The Morgan fingerprint density at radius 1 is 1.56 bits per heavy atom. The molecule has 3 N–H and O–H groups in total. The lowest BCUT2D eigenvalue weighted by Crippen LogP contribution is -2.33. The largest absolute Gasteiger partial charge is 0.476 e. The number of hydrogen-bond acceptors (Lipinski definition) is 8. The highest BCUT2D eigenvalue weighted by Crippen LogP contribution is 2.05. The minimum Gasteiger partial charge on any atom is -0.476 e. The summed E-state index contributed by atoms with van der Waals surface area (Å²) in [6.45, 7) is 1.73. The molecule has 1 aromatic heterocycles. The Bertz CT molecular complexity index is 602. The minimum atomic E-state index is -1.16. The molecule has 1 amide bonds. The second-order valence-corrected chi connectivity index (χ2v) is 5.78. The third-order valence-corrected chi connectivity index (χ3v) is 3.30. The Balaban J connectivity index is 2.40. The van der Waals surface area contributed by atoms with Crippen LogP contribution in [0.5, 0.6) is 0 Å². The van der Waals surface area contributed by atoms with E-state index >= 15 is 0 Å². The number of aliphatic hydroxyl groups is 1. The second-order valence-electron chi connectivity index (χ2n) is 5.33. The molecule has 0 bridgehead atoms. The van der Waals surface area contributed by atoms with Crippen molar-refractivity contribution in [1.29, 1.82) is 5.41 Å². The molecule has 1 aromatic rings. The third kappa shape index (κ3) is 7.99. The van der Waals surface area contributed by atoms with E-state index in [1.807, 2.05) is 6.08 Å². The van der Waals surface area contributed by atoms with E-state index in [0.717, 1.165) is 12.7 Å². The van der Waals surface area contributed by atoms with Crippen molar-refractivity contribution < 1.29 is 23.8 Å². The summed E-state index contributed by atoms with van der Waals surface area (Å²) in [5.41, 5.74) is 0.164. The number of amides is 1. The number of nitrogens with one attached hydrogen (secondary N) is 2. The van der Waals surface area contributed by atoms with Crippen molar-refractivity contribution in [1.82, 2.24) is 10.3 Å². The molecule has 138 valence electrons. The first-order valence-electron chi connectivity index (χ1n) is 7.81. The van der Waals surface area contributed by atoms with Crippen molar-refractivity contribution in [2.45, 2.75) is 32.4 Å². The van der Waals surface area contributed by atoms with Crippen LogP contribution in [-0.4, -0.2) is 46.6 Å². The van der Waals surface area contributed by atoms with Gasteiger partial charge in [-0.3, -0.25) is 10.2 Å². The summed E-state index contributed by atoms with van der Waals surface area (Å²) in [7, 11) is 0. The first kappa shape index (κ1) is 20.9. The lowest BCUT2D eigenvalue weighted by Gasteiger charge is -2.08. The van der Waals surface area contributed by atoms with Crippen LogP contribution in [-0.2, 0) is 20.9 Å². The number of rotatable bonds is 11. The molecule has 8 nitrogen and oxygen atoms in total. The lowest BCUT2D eigenvalue weighted by atomic mass is 10.2. The van der Waals surface area contributed by atoms with Gasteiger partial charge >= 0.3 is 0 Å². The van der Waals surface area contributed by atoms with Crippen molar-refractivity contribution in [2.75, 3.05) is 12.4 Å². The van der Waals surface area contributed by atoms with E-state index in [9.17, 15) is 14.7 Å². The zero-order valence-electron chi connectivity index (χ0n) is 14.0. The van der Waals surface area contributed by atoms with Gasteiger partial charge in [0.25, 0.3) is 0 Å². The molecule has 0 radical (unpaired) electrons. The summed E-state index contributed by atoms with van der Waals surface area (Å²) >= 11 is 4.05. The van der Waals surface area contributed by atoms with E-state index in [0.29, 0.717) is 5.75 Å². The summed E-state index contributed by atoms with van der Waals surface area (Å²) in [6, 6.07) is 0. The second kappa shape index (κ2) is 11.4. The van der Waals surface area contributed by atoms with Gasteiger partial charge in [-0.25, -0.2) is 4.98 Å². The van der Waals surface area contributed by atoms with Gasteiger partial charge in [-0.1, -0.05) is 19.1 Å². The molecule has 0 aromatic carbocycles. The summed E-state index contributed by atoms with van der Waals surface area (Å²) in [5, 5.41) is 19.9. The van der Waals surface area contributed by atoms with Crippen LogP contribution < -0.4 is 5.32 Å². The van der Waals surface area contributed by atoms with Crippen molar-refractivity contribution in [3.05, 3.63) is 30.0 Å². The molecular formula is C16H23N3O5S. The molecule has 0 saturated heterocycles. The monoisotopic (exact) mass is 369 g/mol. The number of thiol groups is 1. The number of oxazole rings is 1. The molecule has 1 rings (SSSR count). The van der Waals surface area contributed by atoms with Gasteiger partial charge in [-0.15, -0.1) is 0 Å². The Morgan fingerprint density at radius 2 is 2.32 bits per heavy atom. The molecule has 0 aliphatic carbocycles. The fourth-order valence-electron chi connectivity index (χ4n) is 1.63. The highest BCUT2D eigenvalue weighted by Gasteiger charge is 2.15. The topological polar surface area (TPSA) is 126 Å². The van der Waals surface area contributed by atoms with Crippen LogP contribution in [0.2, 0.25) is 0 Å². The maximum absolute atomic E-state index is 11.8. The molecule has 25 heavy (non-hydrogen) atoms. The molecular weight excluding hydrogens is 346 g/mol. The molecule has 0 unspecified atom stereocenters. The minimum absolute atomic E-state index is 0.0196. The quantitative estimate of drug-likeness (QED) is 0.152. The predicted octanol–water partition coefficient (Wildman–Crippen LogP) is 1.09. The van der Waals surface area contributed by atoms with Gasteiger partial charge in [0.2, 0.25) is 17.7 Å². The number of carbonyl (C=O) groups excluding carboxylic acids is 2. The zero-order chi connectivity index (χ0) is 18.7. The summed E-state index contributed by atoms with van der Waals surface area (Å²) in [4.78, 5) is 26.3. The normalized spacial score (nSPS) is 13.4. The smallest absolute Gasteiger partial charge is 0.249 e. The average Bonchev–Trinajstić information content (AvgIpc) is 3.09. The van der Waals surface area contributed by atoms with Crippen LogP contribution in [0.1, 0.15) is 31.4 Å². The Morgan fingerprint density at radius 3 is 3.00 bits per heavy atom. The van der Waals surface area contributed by atoms with E-state index < -0.39 is 12.0 Å². The van der Waals surface area contributed by atoms with Crippen LogP contribution in [0.25, 0.3) is 0 Å². The fraction of sp³-hybridized carbons (Fsp3) is 0.500. The third-order valence-electron chi connectivity index (χ3n) is 3.05. The van der Waals surface area contributed by atoms with Crippen LogP contribution >= 0.6 is 12.6 Å². The molecule has 1 heterocycles. The Labute approximate surface area is 151 Å². The first-order chi connectivity index (χ1) is 12.0. The van der Waals surface area contributed by atoms with Gasteiger partial charge in [0.15, 0.2) is 5.69 Å². The van der Waals surface area contributed by atoms with Crippen molar-refractivity contribution >= 4 is 30.7 Å². The van der Waals surface area contributed by atoms with Crippen molar-refractivity contribution in [3.63, 3.8) is 0 Å². The van der Waals surface area contributed by atoms with Crippen LogP contribution in [0.4, 0.5) is 0 Å². The predicted molar refractivity (Wildman–Crippen MR) is 94.6 cm³/mol. The molecule has 9 heteroatoms. The zero-order valence-corrected chi connectivity index (χ0v) is 14.9. The highest BCUT2D eigenvalue weighted by atomic mass is 32.1. The maximum atomic E-state index is 11.8. The molecule has 0 aliphatic rings. The van der Waals surface area contributed by atoms with Crippen LogP contribution in [0.3, 0.4) is 0 Å². The number of ether oxygens (including phenoxy) is 1. The van der Waals surface area contributed by atoms with E-state index in [4.69, 9.17) is 14.6 Å². The standard InChI is InChI=1S/C16H23N3O5S/c1-11(8-20)9-24-15(17)12-10-23-14(19-12)7-18-16(22)13(21)5-3-2-4-6-25/h2-3,8,10-11,13,17,21,25H,4-7,9H2,1H3,(H,18,22)/b3-2+,17-15?/t11-,13+/m0/s1. The van der Waals surface area contributed by atoms with Gasteiger partial charge in [0.05, 0.1) is 13.2 Å². The average molecular weight is 369 g/mol. The number of nitrogens with zero attached hydrogens (tertiary/aromatic N) is 1. The van der Waals surface area contributed by atoms with E-state index in [1.165, 1.54) is 6.26 Å². The fourth-order valence-corrected chi connectivity index (χ4v) is 1.78. The SMILES string of the molecule is C[C@@H](C=O)COC(=N)c1coc(CNC(=O)[C@H](O)C/C=C/CCS)n1. The van der Waals surface area contributed by atoms with Gasteiger partial charge in [-0.05, 0) is 12.2 Å². The number of allylic oxidation sites excluding steroid dienone is 1. The number of aliphatic hydroxyl groups excluding tert-OH is 1. The van der Waals surface area contributed by atoms with Gasteiger partial charge in [-0.2, -0.15) is 12.6 Å². The van der Waals surface area contributed by atoms with Gasteiger partial charge < -0.3 is 24.4 Å². The van der Waals surface area contributed by atoms with E-state index in [2.05, 4.69) is 22.9 Å². The Hall–Kier alpha value is -2.13. The van der Waals surface area contributed by atoms with E-state index in [1.54, 1.807) is 13.0 Å². The van der Waals surface area contributed by atoms with Crippen molar-refractivity contribution in [3.8, 4) is 0 Å². The number of aromatic nitrogens is 1. The lowest BCUT2D eigenvalue weighted by molar-refractivity contribution is -0.129. The van der Waals surface area contributed by atoms with E-state index in [-0.39, 0.29) is 43.0 Å². The summed E-state index contributed by atoms with van der Waals surface area (Å²) in [6.07, 6.45) is 5.36. The van der Waals surface area contributed by atoms with Gasteiger partial charge in [0.1, 0.15) is 18.7 Å². The van der Waals surface area contributed by atoms with Crippen LogP contribution in [0, 0.1) is 11.3 Å². The summed E-state index contributed by atoms with van der Waals surface area (Å²) in [5.74, 6) is -0.198. The molecule has 0 saturated carbocycles. The molecule has 0 spiro atoms. The molecule has 0 aliphatic heterocycles. The highest BCUT2D eigenvalue weighted by molar-refractivity contribution is 7.80. The van der Waals surface area contributed by atoms with Gasteiger partial charge in [0, 0.05) is 12.3 Å².